The van der Waals surface area contributed by atoms with Crippen molar-refractivity contribution in [3.8, 4) is 22.6 Å². The highest BCUT2D eigenvalue weighted by molar-refractivity contribution is 6.14. The van der Waals surface area contributed by atoms with Gasteiger partial charge in [0.2, 0.25) is 5.56 Å². The molecule has 2 N–H and O–H groups in total. The predicted octanol–water partition coefficient (Wildman–Crippen LogP) is 3.40. The maximum Gasteiger partial charge on any atom is 0.337 e. The number of methoxy groups -OCH3 is 2. The lowest BCUT2D eigenvalue weighted by Crippen LogP contribution is -2.41. The van der Waals surface area contributed by atoms with Crippen LogP contribution in [0, 0.1) is 0 Å². The number of pyridine rings is 1. The Hall–Kier alpha value is -4.07. The molecule has 2 aromatic carbocycles. The van der Waals surface area contributed by atoms with Gasteiger partial charge in [-0.25, -0.2) is 9.80 Å². The van der Waals surface area contributed by atoms with Crippen molar-refractivity contribution in [2.24, 2.45) is 5.10 Å². The Labute approximate surface area is 191 Å². The molecular weight excluding hydrogens is 420 g/mol. The van der Waals surface area contributed by atoms with E-state index in [1.807, 2.05) is 43.3 Å². The third kappa shape index (κ3) is 4.32. The normalized spacial score (nSPS) is 15.2. The minimum Gasteiger partial charge on any atom is -0.493 e. The molecule has 0 aliphatic carbocycles. The Morgan fingerprint density at radius 2 is 1.67 bits per heavy atom. The number of nitrogens with zero attached hydrogens (tertiary/aromatic N) is 2. The van der Waals surface area contributed by atoms with Crippen LogP contribution in [0.4, 0.5) is 4.79 Å². The summed E-state index contributed by atoms with van der Waals surface area (Å²) in [7, 11) is 4.79. The number of aromatic amines is 1. The molecule has 1 atom stereocenters. The fourth-order valence-electron chi connectivity index (χ4n) is 3.96. The fourth-order valence-corrected chi connectivity index (χ4v) is 3.96. The number of nitrogens with one attached hydrogen (secondary N) is 2. The molecule has 170 valence electrons. The third-order valence-electron chi connectivity index (χ3n) is 5.70. The van der Waals surface area contributed by atoms with Crippen LogP contribution in [0.2, 0.25) is 0 Å². The SMILES string of the molecule is CNC(=O)N1N=C(c2ccc(-c3ccc(=O)[nH]c3)cc2)c2cc(OC)c(OC)cc2CC1C. The molecule has 33 heavy (non-hydrogen) atoms. The van der Waals surface area contributed by atoms with Gasteiger partial charge < -0.3 is 19.8 Å². The quantitative estimate of drug-likeness (QED) is 0.642. The molecule has 0 saturated carbocycles. The molecule has 3 aromatic rings. The van der Waals surface area contributed by atoms with Crippen molar-refractivity contribution in [3.63, 3.8) is 0 Å². The summed E-state index contributed by atoms with van der Waals surface area (Å²) in [6.07, 6.45) is 2.29. The van der Waals surface area contributed by atoms with Crippen molar-refractivity contribution in [2.45, 2.75) is 19.4 Å². The zero-order chi connectivity index (χ0) is 23.5. The van der Waals surface area contributed by atoms with Gasteiger partial charge in [0, 0.05) is 30.4 Å². The molecule has 8 nitrogen and oxygen atoms in total. The van der Waals surface area contributed by atoms with E-state index in [0.717, 1.165) is 27.8 Å². The largest absolute Gasteiger partial charge is 0.493 e. The van der Waals surface area contributed by atoms with Gasteiger partial charge in [0.1, 0.15) is 0 Å². The van der Waals surface area contributed by atoms with E-state index in [-0.39, 0.29) is 17.6 Å². The van der Waals surface area contributed by atoms with Gasteiger partial charge in [-0.15, -0.1) is 0 Å². The van der Waals surface area contributed by atoms with Crippen LogP contribution in [-0.4, -0.2) is 49.0 Å². The molecule has 1 aliphatic rings. The summed E-state index contributed by atoms with van der Waals surface area (Å²) in [6, 6.07) is 14.5. The molecule has 4 rings (SSSR count). The van der Waals surface area contributed by atoms with Crippen molar-refractivity contribution < 1.29 is 14.3 Å². The van der Waals surface area contributed by atoms with Crippen LogP contribution >= 0.6 is 0 Å². The zero-order valence-corrected chi connectivity index (χ0v) is 19.0. The van der Waals surface area contributed by atoms with Crippen LogP contribution in [0.3, 0.4) is 0 Å². The lowest BCUT2D eigenvalue weighted by atomic mass is 9.93. The summed E-state index contributed by atoms with van der Waals surface area (Å²) in [5.74, 6) is 1.22. The predicted molar refractivity (Wildman–Crippen MR) is 127 cm³/mol. The molecule has 1 unspecified atom stereocenters. The number of hydrogen-bond acceptors (Lipinski definition) is 5. The molecular formula is C25H26N4O4. The van der Waals surface area contributed by atoms with Gasteiger partial charge in [-0.05, 0) is 48.2 Å². The highest BCUT2D eigenvalue weighted by Gasteiger charge is 2.28. The van der Waals surface area contributed by atoms with Gasteiger partial charge in [0.15, 0.2) is 11.5 Å². The number of H-pyrrole nitrogens is 1. The van der Waals surface area contributed by atoms with Crippen molar-refractivity contribution in [1.82, 2.24) is 15.3 Å². The van der Waals surface area contributed by atoms with E-state index in [2.05, 4.69) is 10.3 Å². The standard InChI is InChI=1S/C25H26N4O4/c1-15-11-19-12-21(32-3)22(33-4)13-20(19)24(28-29(15)25(31)26-2)17-7-5-16(6-8-17)18-9-10-23(30)27-14-18/h5-10,12-15H,11H2,1-4H3,(H,26,31)(H,27,30). The van der Waals surface area contributed by atoms with E-state index in [4.69, 9.17) is 14.6 Å². The number of benzene rings is 2. The van der Waals surface area contributed by atoms with E-state index >= 15 is 0 Å². The number of hydrogen-bond donors (Lipinski definition) is 2. The van der Waals surface area contributed by atoms with Gasteiger partial charge in [0.05, 0.1) is 26.0 Å². The van der Waals surface area contributed by atoms with Gasteiger partial charge in [0.25, 0.3) is 0 Å². The van der Waals surface area contributed by atoms with Crippen molar-refractivity contribution in [3.05, 3.63) is 81.8 Å². The first kappa shape index (κ1) is 22.1. The summed E-state index contributed by atoms with van der Waals surface area (Å²) in [5.41, 5.74) is 5.10. The fraction of sp³-hybridized carbons (Fsp3) is 0.240. The Balaban J connectivity index is 1.85. The number of amides is 2. The topological polar surface area (TPSA) is 96.0 Å². The maximum absolute atomic E-state index is 12.6. The second kappa shape index (κ2) is 9.20. The number of hydrazone groups is 1. The second-order valence-corrected chi connectivity index (χ2v) is 7.78. The minimum atomic E-state index is -0.281. The van der Waals surface area contributed by atoms with Crippen LogP contribution < -0.4 is 20.3 Å². The molecule has 8 heteroatoms. The first-order valence-electron chi connectivity index (χ1n) is 10.6. The third-order valence-corrected chi connectivity index (χ3v) is 5.70. The van der Waals surface area contributed by atoms with Crippen LogP contribution in [0.1, 0.15) is 23.6 Å². The van der Waals surface area contributed by atoms with E-state index in [0.29, 0.717) is 23.6 Å². The molecule has 0 bridgehead atoms. The van der Waals surface area contributed by atoms with Gasteiger partial charge >= 0.3 is 6.03 Å². The molecule has 0 saturated heterocycles. The average Bonchev–Trinajstić information content (AvgIpc) is 2.98. The lowest BCUT2D eigenvalue weighted by molar-refractivity contribution is 0.184. The van der Waals surface area contributed by atoms with Gasteiger partial charge in [-0.3, -0.25) is 4.79 Å². The molecule has 0 fully saturated rings. The number of aromatic nitrogens is 1. The highest BCUT2D eigenvalue weighted by Crippen LogP contribution is 2.34. The zero-order valence-electron chi connectivity index (χ0n) is 19.0. The summed E-state index contributed by atoms with van der Waals surface area (Å²) < 4.78 is 11.0. The van der Waals surface area contributed by atoms with Gasteiger partial charge in [-0.1, -0.05) is 24.3 Å². The van der Waals surface area contributed by atoms with E-state index in [1.54, 1.807) is 33.5 Å². The summed E-state index contributed by atoms with van der Waals surface area (Å²) >= 11 is 0. The molecule has 1 aliphatic heterocycles. The van der Waals surface area contributed by atoms with Crippen molar-refractivity contribution in [1.29, 1.82) is 0 Å². The Kier molecular flexibility index (Phi) is 6.17. The van der Waals surface area contributed by atoms with Crippen molar-refractivity contribution >= 4 is 11.7 Å². The first-order chi connectivity index (χ1) is 15.9. The monoisotopic (exact) mass is 446 g/mol. The average molecular weight is 447 g/mol. The van der Waals surface area contributed by atoms with Gasteiger partial charge in [-0.2, -0.15) is 5.10 Å². The molecule has 2 amide bonds. The summed E-state index contributed by atoms with van der Waals surface area (Å²) in [6.45, 7) is 1.96. The Morgan fingerprint density at radius 1 is 1.03 bits per heavy atom. The van der Waals surface area contributed by atoms with Crippen LogP contribution in [0.25, 0.3) is 11.1 Å². The highest BCUT2D eigenvalue weighted by atomic mass is 16.5. The van der Waals surface area contributed by atoms with Crippen molar-refractivity contribution in [2.75, 3.05) is 21.3 Å². The smallest absolute Gasteiger partial charge is 0.337 e. The van der Waals surface area contributed by atoms with Crippen LogP contribution in [0.15, 0.2) is 64.6 Å². The number of rotatable bonds is 4. The lowest BCUT2D eigenvalue weighted by Gasteiger charge is -2.22. The molecule has 0 spiro atoms. The minimum absolute atomic E-state index is 0.146. The Morgan fingerprint density at radius 3 is 2.27 bits per heavy atom. The number of carbonyl (C=O) groups excluding carboxylic acids is 1. The molecule has 1 aromatic heterocycles. The van der Waals surface area contributed by atoms with Crippen LogP contribution in [0.5, 0.6) is 11.5 Å². The van der Waals surface area contributed by atoms with E-state index in [1.165, 1.54) is 11.1 Å². The Bertz CT molecular complexity index is 1240. The number of urea groups is 1. The number of fused-ring (bicyclic) bond motifs is 1. The number of carbonyl (C=O) groups is 1. The summed E-state index contributed by atoms with van der Waals surface area (Å²) in [4.78, 5) is 26.7. The molecule has 2 heterocycles. The van der Waals surface area contributed by atoms with E-state index in [9.17, 15) is 9.59 Å². The molecule has 0 radical (unpaired) electrons. The number of ether oxygens (including phenoxy) is 2. The van der Waals surface area contributed by atoms with E-state index < -0.39 is 0 Å². The second-order valence-electron chi connectivity index (χ2n) is 7.78. The maximum atomic E-state index is 12.6. The summed E-state index contributed by atoms with van der Waals surface area (Å²) in [5, 5.41) is 8.93. The first-order valence-corrected chi connectivity index (χ1v) is 10.6. The van der Waals surface area contributed by atoms with Crippen LogP contribution in [-0.2, 0) is 6.42 Å².